The predicted octanol–water partition coefficient (Wildman–Crippen LogP) is 6.51. The van der Waals surface area contributed by atoms with Crippen LogP contribution in [0, 0.1) is 0 Å². The van der Waals surface area contributed by atoms with Crippen LogP contribution in [0.2, 0.25) is 0 Å². The highest BCUT2D eigenvalue weighted by Gasteiger charge is 2.33. The number of benzene rings is 3. The monoisotopic (exact) mass is 545 g/mol. The summed E-state index contributed by atoms with van der Waals surface area (Å²) in [6.45, 7) is 2.27. The topological polar surface area (TPSA) is 75.0 Å². The molecule has 4 aromatic rings. The van der Waals surface area contributed by atoms with E-state index in [0.717, 1.165) is 26.9 Å². The average molecular weight is 546 g/mol. The third kappa shape index (κ3) is 4.76. The molecular weight excluding hydrogens is 526 g/mol. The van der Waals surface area contributed by atoms with Crippen LogP contribution >= 0.6 is 27.3 Å². The fourth-order valence-corrected chi connectivity index (χ4v) is 4.70. The molecular formula is C27H20BrN3O3S. The van der Waals surface area contributed by atoms with E-state index in [2.05, 4.69) is 26.0 Å². The van der Waals surface area contributed by atoms with Gasteiger partial charge in [0.15, 0.2) is 11.5 Å². The van der Waals surface area contributed by atoms with E-state index < -0.39 is 0 Å². The number of rotatable bonds is 6. The lowest BCUT2D eigenvalue weighted by atomic mass is 10.0. The summed E-state index contributed by atoms with van der Waals surface area (Å²) in [4.78, 5) is 18.3. The fraction of sp³-hybridized carbons (Fsp3) is 0.0741. The number of hydrogen-bond donors (Lipinski definition) is 1. The number of amides is 1. The number of thiazole rings is 1. The molecule has 0 bridgehead atoms. The highest BCUT2D eigenvalue weighted by atomic mass is 79.9. The Morgan fingerprint density at radius 1 is 1.06 bits per heavy atom. The third-order valence-electron chi connectivity index (χ3n) is 5.33. The molecule has 0 unspecified atom stereocenters. The summed E-state index contributed by atoms with van der Waals surface area (Å²) in [5, 5.41) is 18.5. The van der Waals surface area contributed by atoms with Crippen LogP contribution in [-0.2, 0) is 4.79 Å². The minimum Gasteiger partial charge on any atom is -0.504 e. The third-order valence-corrected chi connectivity index (χ3v) is 6.68. The maximum Gasteiger partial charge on any atom is 0.283 e. The van der Waals surface area contributed by atoms with Crippen LogP contribution in [0.15, 0.2) is 93.3 Å². The van der Waals surface area contributed by atoms with Gasteiger partial charge < -0.3 is 9.84 Å². The molecule has 2 heterocycles. The second-order valence-electron chi connectivity index (χ2n) is 7.67. The van der Waals surface area contributed by atoms with Gasteiger partial charge in [-0.2, -0.15) is 10.1 Å². The lowest BCUT2D eigenvalue weighted by Crippen LogP contribution is -2.21. The Hall–Kier alpha value is -3.75. The van der Waals surface area contributed by atoms with Crippen molar-refractivity contribution < 1.29 is 14.6 Å². The molecule has 0 fully saturated rings. The minimum atomic E-state index is -0.272. The van der Waals surface area contributed by atoms with E-state index in [1.807, 2.05) is 66.9 Å². The average Bonchev–Trinajstić information content (AvgIpc) is 3.48. The molecule has 0 radical (unpaired) electrons. The minimum absolute atomic E-state index is 0.0496. The van der Waals surface area contributed by atoms with Crippen molar-refractivity contribution in [3.05, 3.63) is 99.3 Å². The van der Waals surface area contributed by atoms with E-state index in [4.69, 9.17) is 4.74 Å². The van der Waals surface area contributed by atoms with Gasteiger partial charge in [0.05, 0.1) is 17.9 Å². The van der Waals surface area contributed by atoms with Gasteiger partial charge in [0.2, 0.25) is 5.13 Å². The molecule has 0 saturated heterocycles. The molecule has 0 saturated carbocycles. The molecule has 1 amide bonds. The number of aromatic hydroxyl groups is 1. The van der Waals surface area contributed by atoms with E-state index in [1.165, 1.54) is 16.3 Å². The predicted molar refractivity (Wildman–Crippen MR) is 143 cm³/mol. The van der Waals surface area contributed by atoms with Crippen molar-refractivity contribution in [3.63, 3.8) is 0 Å². The molecule has 0 atom stereocenters. The first kappa shape index (κ1) is 23.0. The quantitative estimate of drug-likeness (QED) is 0.280. The zero-order chi connectivity index (χ0) is 24.4. The summed E-state index contributed by atoms with van der Waals surface area (Å²) in [7, 11) is 0. The molecule has 1 N–H and O–H groups in total. The zero-order valence-electron chi connectivity index (χ0n) is 18.7. The molecule has 1 aliphatic heterocycles. The van der Waals surface area contributed by atoms with Crippen molar-refractivity contribution >= 4 is 50.1 Å². The summed E-state index contributed by atoms with van der Waals surface area (Å²) in [6.07, 6.45) is 1.76. The number of hydrogen-bond acceptors (Lipinski definition) is 6. The SMILES string of the molecule is CCOc1cc(/C=C2/C(=O)N(c3nc(-c4ccc(Br)cc4)cs3)N=C2c2ccccc2)ccc1O. The number of nitrogens with zero attached hydrogens (tertiary/aromatic N) is 3. The van der Waals surface area contributed by atoms with Gasteiger partial charge in [-0.05, 0) is 42.8 Å². The number of aromatic nitrogens is 1. The van der Waals surface area contributed by atoms with Crippen molar-refractivity contribution in [2.75, 3.05) is 11.6 Å². The smallest absolute Gasteiger partial charge is 0.283 e. The molecule has 174 valence electrons. The normalized spacial score (nSPS) is 14.5. The first-order valence-corrected chi connectivity index (χ1v) is 12.6. The van der Waals surface area contributed by atoms with Crippen LogP contribution in [0.4, 0.5) is 5.13 Å². The van der Waals surface area contributed by atoms with Crippen molar-refractivity contribution in [2.24, 2.45) is 5.10 Å². The maximum absolute atomic E-state index is 13.6. The van der Waals surface area contributed by atoms with Crippen molar-refractivity contribution in [3.8, 4) is 22.8 Å². The van der Waals surface area contributed by atoms with Gasteiger partial charge in [-0.1, -0.05) is 64.5 Å². The highest BCUT2D eigenvalue weighted by Crippen LogP contribution is 2.34. The van der Waals surface area contributed by atoms with E-state index in [0.29, 0.717) is 28.8 Å². The number of hydrazone groups is 1. The largest absolute Gasteiger partial charge is 0.504 e. The van der Waals surface area contributed by atoms with Gasteiger partial charge in [0.25, 0.3) is 5.91 Å². The molecule has 0 spiro atoms. The summed E-state index contributed by atoms with van der Waals surface area (Å²) >= 11 is 4.81. The molecule has 5 rings (SSSR count). The number of carbonyl (C=O) groups is 1. The van der Waals surface area contributed by atoms with Crippen LogP contribution in [0.3, 0.4) is 0 Å². The molecule has 35 heavy (non-hydrogen) atoms. The lowest BCUT2D eigenvalue weighted by molar-refractivity contribution is -0.114. The van der Waals surface area contributed by atoms with E-state index in [9.17, 15) is 9.90 Å². The van der Waals surface area contributed by atoms with Crippen molar-refractivity contribution in [1.29, 1.82) is 0 Å². The summed E-state index contributed by atoms with van der Waals surface area (Å²) < 4.78 is 6.49. The number of phenols is 1. The van der Waals surface area contributed by atoms with Crippen molar-refractivity contribution in [1.82, 2.24) is 4.98 Å². The second-order valence-corrected chi connectivity index (χ2v) is 9.42. The fourth-order valence-electron chi connectivity index (χ4n) is 3.66. The van der Waals surface area contributed by atoms with Crippen LogP contribution in [0.1, 0.15) is 18.1 Å². The standard InChI is InChI=1S/C27H20BrN3O3S/c1-2-34-24-15-17(8-13-23(24)32)14-21-25(19-6-4-3-5-7-19)30-31(26(21)33)27-29-22(16-35-27)18-9-11-20(28)12-10-18/h3-16,32H,2H2,1H3/b21-14+. The molecule has 0 aliphatic carbocycles. The van der Waals surface area contributed by atoms with Crippen LogP contribution < -0.4 is 9.75 Å². The van der Waals surface area contributed by atoms with Crippen LogP contribution in [0.25, 0.3) is 17.3 Å². The summed E-state index contributed by atoms with van der Waals surface area (Å²) in [6, 6.07) is 22.4. The lowest BCUT2D eigenvalue weighted by Gasteiger charge is -2.08. The molecule has 3 aromatic carbocycles. The van der Waals surface area contributed by atoms with E-state index >= 15 is 0 Å². The molecule has 6 nitrogen and oxygen atoms in total. The van der Waals surface area contributed by atoms with E-state index in [1.54, 1.807) is 24.3 Å². The molecule has 1 aromatic heterocycles. The first-order chi connectivity index (χ1) is 17.0. The van der Waals surface area contributed by atoms with Gasteiger partial charge in [-0.15, -0.1) is 11.3 Å². The zero-order valence-corrected chi connectivity index (χ0v) is 21.1. The van der Waals surface area contributed by atoms with Crippen LogP contribution in [-0.4, -0.2) is 28.3 Å². The Balaban J connectivity index is 1.55. The number of ether oxygens (including phenoxy) is 1. The number of anilines is 1. The Bertz CT molecular complexity index is 1450. The number of phenolic OH excluding ortho intramolecular Hbond substituents is 1. The summed E-state index contributed by atoms with van der Waals surface area (Å²) in [5.41, 5.74) is 4.27. The highest BCUT2D eigenvalue weighted by molar-refractivity contribution is 9.10. The Morgan fingerprint density at radius 3 is 2.57 bits per heavy atom. The van der Waals surface area contributed by atoms with Gasteiger partial charge in [0.1, 0.15) is 5.71 Å². The second kappa shape index (κ2) is 9.85. The van der Waals surface area contributed by atoms with Gasteiger partial charge >= 0.3 is 0 Å². The number of halogens is 1. The van der Waals surface area contributed by atoms with Gasteiger partial charge in [-0.25, -0.2) is 4.98 Å². The molecule has 8 heteroatoms. The van der Waals surface area contributed by atoms with Gasteiger partial charge in [0, 0.05) is 21.0 Å². The van der Waals surface area contributed by atoms with Crippen LogP contribution in [0.5, 0.6) is 11.5 Å². The summed E-state index contributed by atoms with van der Waals surface area (Å²) in [5.74, 6) is 0.140. The maximum atomic E-state index is 13.6. The Labute approximate surface area is 215 Å². The van der Waals surface area contributed by atoms with E-state index in [-0.39, 0.29) is 11.7 Å². The van der Waals surface area contributed by atoms with Crippen molar-refractivity contribution in [2.45, 2.75) is 6.92 Å². The first-order valence-electron chi connectivity index (χ1n) is 10.9. The molecule has 1 aliphatic rings. The Morgan fingerprint density at radius 2 is 1.83 bits per heavy atom. The Kier molecular flexibility index (Phi) is 6.48. The van der Waals surface area contributed by atoms with Gasteiger partial charge in [-0.3, -0.25) is 4.79 Å². The number of carbonyl (C=O) groups excluding carboxylic acids is 1.